The smallest absolute Gasteiger partial charge is 0.420 e. The van der Waals surface area contributed by atoms with Crippen molar-refractivity contribution in [2.45, 2.75) is 70.4 Å². The summed E-state index contributed by atoms with van der Waals surface area (Å²) in [6, 6.07) is 0. The number of imide groups is 1. The number of esters is 1. The van der Waals surface area contributed by atoms with Gasteiger partial charge in [-0.2, -0.15) is 4.90 Å². The van der Waals surface area contributed by atoms with Crippen molar-refractivity contribution in [1.82, 2.24) is 4.90 Å². The van der Waals surface area contributed by atoms with Gasteiger partial charge in [0, 0.05) is 12.6 Å². The Labute approximate surface area is 165 Å². The SMILES string of the molecule is COC(=O)[C@]1(N(C(=O)OC(C)(C)C)C(=O)OC(C)(C)C)C[C@@]1(F)CP(C)(C)=O. The van der Waals surface area contributed by atoms with Gasteiger partial charge in [0.2, 0.25) is 0 Å². The summed E-state index contributed by atoms with van der Waals surface area (Å²) in [5.74, 6) is -1.14. The molecule has 0 bridgehead atoms. The van der Waals surface area contributed by atoms with E-state index in [-0.39, 0.29) is 0 Å². The van der Waals surface area contributed by atoms with Gasteiger partial charge in [0.05, 0.1) is 14.3 Å². The van der Waals surface area contributed by atoms with Crippen molar-refractivity contribution in [3.63, 3.8) is 0 Å². The van der Waals surface area contributed by atoms with Crippen LogP contribution >= 0.6 is 7.14 Å². The fourth-order valence-electron chi connectivity index (χ4n) is 2.95. The number of carbonyl (C=O) groups is 3. The summed E-state index contributed by atoms with van der Waals surface area (Å²) in [5, 5.41) is 0. The average molecular weight is 423 g/mol. The van der Waals surface area contributed by atoms with Crippen molar-refractivity contribution in [3.05, 3.63) is 0 Å². The zero-order chi connectivity index (χ0) is 22.3. The van der Waals surface area contributed by atoms with Crippen LogP contribution in [-0.4, -0.2) is 72.1 Å². The van der Waals surface area contributed by atoms with Gasteiger partial charge in [0.25, 0.3) is 0 Å². The van der Waals surface area contributed by atoms with E-state index in [0.29, 0.717) is 4.90 Å². The molecule has 162 valence electrons. The molecular formula is C18H31FNO7P. The van der Waals surface area contributed by atoms with E-state index >= 15 is 4.39 Å². The molecule has 0 aromatic rings. The molecule has 1 saturated carbocycles. The van der Waals surface area contributed by atoms with Crippen LogP contribution in [0.25, 0.3) is 0 Å². The molecule has 0 N–H and O–H groups in total. The predicted octanol–water partition coefficient (Wildman–Crippen LogP) is 3.81. The minimum absolute atomic E-state index is 0.338. The summed E-state index contributed by atoms with van der Waals surface area (Å²) in [5.41, 5.74) is -6.75. The van der Waals surface area contributed by atoms with Crippen LogP contribution in [0.1, 0.15) is 48.0 Å². The molecule has 2 atom stereocenters. The van der Waals surface area contributed by atoms with E-state index in [0.717, 1.165) is 7.11 Å². The van der Waals surface area contributed by atoms with Crippen LogP contribution in [-0.2, 0) is 23.6 Å². The van der Waals surface area contributed by atoms with E-state index in [1.54, 1.807) is 41.5 Å². The summed E-state index contributed by atoms with van der Waals surface area (Å²) in [6.45, 7) is 12.1. The number of hydrogen-bond acceptors (Lipinski definition) is 7. The lowest BCUT2D eigenvalue weighted by molar-refractivity contribution is -0.150. The molecular weight excluding hydrogens is 392 g/mol. The molecule has 1 aliphatic rings. The summed E-state index contributed by atoms with van der Waals surface area (Å²) in [4.78, 5) is 38.5. The third-order valence-corrected chi connectivity index (χ3v) is 5.10. The van der Waals surface area contributed by atoms with E-state index in [4.69, 9.17) is 14.2 Å². The van der Waals surface area contributed by atoms with Crippen molar-refractivity contribution in [1.29, 1.82) is 0 Å². The summed E-state index contributed by atoms with van der Waals surface area (Å²) >= 11 is 0. The Morgan fingerprint density at radius 1 is 1.00 bits per heavy atom. The van der Waals surface area contributed by atoms with Crippen LogP contribution < -0.4 is 0 Å². The van der Waals surface area contributed by atoms with E-state index < -0.39 is 60.3 Å². The van der Waals surface area contributed by atoms with Crippen molar-refractivity contribution >= 4 is 25.3 Å². The van der Waals surface area contributed by atoms with Gasteiger partial charge in [-0.1, -0.05) is 0 Å². The molecule has 10 heteroatoms. The van der Waals surface area contributed by atoms with Crippen LogP contribution in [0.2, 0.25) is 0 Å². The molecule has 1 aliphatic carbocycles. The third-order valence-electron chi connectivity index (χ3n) is 3.84. The van der Waals surface area contributed by atoms with Gasteiger partial charge in [-0.3, -0.25) is 0 Å². The molecule has 0 radical (unpaired) electrons. The van der Waals surface area contributed by atoms with Crippen molar-refractivity contribution < 1.29 is 37.5 Å². The molecule has 0 heterocycles. The number of methoxy groups -OCH3 is 1. The Kier molecular flexibility index (Phi) is 6.38. The minimum atomic E-state index is -2.95. The molecule has 1 rings (SSSR count). The lowest BCUT2D eigenvalue weighted by Crippen LogP contribution is -2.57. The fraction of sp³-hybridized carbons (Fsp3) is 0.833. The molecule has 0 spiro atoms. The standard InChI is InChI=1S/C18H31FNO7P/c1-15(2,3)26-13(22)20(14(23)27-16(4,5)6)18(12(21)25-7)10-17(18,19)11-28(8,9)24/h10-11H2,1-9H3/t17-,18-/m1/s1. The maximum Gasteiger partial charge on any atom is 0.420 e. The van der Waals surface area contributed by atoms with Crippen LogP contribution in [0.3, 0.4) is 0 Å². The minimum Gasteiger partial charge on any atom is -0.467 e. The highest BCUT2D eigenvalue weighted by molar-refractivity contribution is 7.62. The molecule has 0 saturated heterocycles. The third kappa shape index (κ3) is 5.46. The van der Waals surface area contributed by atoms with E-state index in [1.807, 2.05) is 0 Å². The van der Waals surface area contributed by atoms with Gasteiger partial charge < -0.3 is 18.8 Å². The number of ether oxygens (including phenoxy) is 3. The number of carbonyl (C=O) groups excluding carboxylic acids is 3. The zero-order valence-corrected chi connectivity index (χ0v) is 18.9. The van der Waals surface area contributed by atoms with Gasteiger partial charge in [0.1, 0.15) is 11.2 Å². The second-order valence-electron chi connectivity index (χ2n) is 9.52. The number of hydrogen-bond donors (Lipinski definition) is 0. The van der Waals surface area contributed by atoms with Crippen molar-refractivity contribution in [2.75, 3.05) is 26.6 Å². The molecule has 0 aromatic heterocycles. The molecule has 28 heavy (non-hydrogen) atoms. The first kappa shape index (κ1) is 24.4. The molecule has 8 nitrogen and oxygen atoms in total. The summed E-state index contributed by atoms with van der Waals surface area (Å²) in [7, 11) is -1.93. The molecule has 0 aliphatic heterocycles. The maximum absolute atomic E-state index is 15.7. The normalized spacial score (nSPS) is 24.9. The average Bonchev–Trinajstić information content (AvgIpc) is 2.96. The highest BCUT2D eigenvalue weighted by atomic mass is 31.2. The summed E-state index contributed by atoms with van der Waals surface area (Å²) in [6.07, 6.45) is -3.53. The largest absolute Gasteiger partial charge is 0.467 e. The number of alkyl halides is 1. The Bertz CT molecular complexity index is 678. The van der Waals surface area contributed by atoms with E-state index in [9.17, 15) is 18.9 Å². The Morgan fingerprint density at radius 2 is 1.39 bits per heavy atom. The van der Waals surface area contributed by atoms with Gasteiger partial charge >= 0.3 is 18.2 Å². The van der Waals surface area contributed by atoms with E-state index in [2.05, 4.69) is 0 Å². The Balaban J connectivity index is 3.50. The Morgan fingerprint density at radius 3 is 1.68 bits per heavy atom. The predicted molar refractivity (Wildman–Crippen MR) is 102 cm³/mol. The highest BCUT2D eigenvalue weighted by Crippen LogP contribution is 2.62. The quantitative estimate of drug-likeness (QED) is 0.385. The van der Waals surface area contributed by atoms with Gasteiger partial charge in [-0.15, -0.1) is 0 Å². The molecule has 2 amide bonds. The topological polar surface area (TPSA) is 99.2 Å². The van der Waals surface area contributed by atoms with Crippen LogP contribution in [0.15, 0.2) is 0 Å². The highest BCUT2D eigenvalue weighted by Gasteiger charge is 2.81. The van der Waals surface area contributed by atoms with Gasteiger partial charge in [0.15, 0.2) is 11.2 Å². The monoisotopic (exact) mass is 423 g/mol. The Hall–Kier alpha value is -1.63. The lowest BCUT2D eigenvalue weighted by atomic mass is 10.1. The first-order valence-electron chi connectivity index (χ1n) is 8.85. The second-order valence-corrected chi connectivity index (χ2v) is 13.0. The molecule has 0 aromatic carbocycles. The van der Waals surface area contributed by atoms with Crippen LogP contribution in [0.5, 0.6) is 0 Å². The molecule has 1 fully saturated rings. The van der Waals surface area contributed by atoms with Crippen LogP contribution in [0, 0.1) is 0 Å². The van der Waals surface area contributed by atoms with Crippen LogP contribution in [0.4, 0.5) is 14.0 Å². The number of amides is 2. The van der Waals surface area contributed by atoms with Crippen molar-refractivity contribution in [2.24, 2.45) is 0 Å². The first-order chi connectivity index (χ1) is 12.3. The fourth-order valence-corrected chi connectivity index (χ4v) is 4.53. The number of halogens is 1. The maximum atomic E-state index is 15.7. The van der Waals surface area contributed by atoms with Gasteiger partial charge in [-0.25, -0.2) is 18.8 Å². The second kappa shape index (κ2) is 7.32. The zero-order valence-electron chi connectivity index (χ0n) is 18.0. The molecule has 0 unspecified atom stereocenters. The number of rotatable bonds is 4. The summed E-state index contributed by atoms with van der Waals surface area (Å²) < 4.78 is 43.1. The van der Waals surface area contributed by atoms with E-state index in [1.165, 1.54) is 13.3 Å². The van der Waals surface area contributed by atoms with Crippen molar-refractivity contribution in [3.8, 4) is 0 Å². The lowest BCUT2D eigenvalue weighted by Gasteiger charge is -2.33. The van der Waals surface area contributed by atoms with Gasteiger partial charge in [-0.05, 0) is 54.9 Å². The number of nitrogens with zero attached hydrogens (tertiary/aromatic N) is 1. The first-order valence-corrected chi connectivity index (χ1v) is 11.6.